The van der Waals surface area contributed by atoms with Gasteiger partial charge in [0.2, 0.25) is 0 Å². The second-order valence-electron chi connectivity index (χ2n) is 7.75. The Kier molecular flexibility index (Phi) is 6.69. The number of hydrogen-bond acceptors (Lipinski definition) is 6. The van der Waals surface area contributed by atoms with Crippen LogP contribution in [0.1, 0.15) is 37.2 Å². The zero-order valence-electron chi connectivity index (χ0n) is 17.2. The van der Waals surface area contributed by atoms with Crippen LogP contribution in [0.3, 0.4) is 0 Å². The van der Waals surface area contributed by atoms with Crippen molar-refractivity contribution >= 4 is 27.2 Å². The van der Waals surface area contributed by atoms with Gasteiger partial charge in [0.1, 0.15) is 11.6 Å². The molecule has 5 nitrogen and oxygen atoms in total. The molecular formula is C23H28FN3O2S. The minimum absolute atomic E-state index is 0.139. The Morgan fingerprint density at radius 2 is 1.93 bits per heavy atom. The van der Waals surface area contributed by atoms with Crippen molar-refractivity contribution in [2.24, 2.45) is 0 Å². The van der Waals surface area contributed by atoms with Gasteiger partial charge in [-0.25, -0.2) is 9.37 Å². The number of rotatable bonds is 8. The van der Waals surface area contributed by atoms with Crippen LogP contribution in [0.25, 0.3) is 10.2 Å². The number of aromatic hydroxyl groups is 1. The Hall–Kier alpha value is -2.38. The van der Waals surface area contributed by atoms with Gasteiger partial charge in [0.15, 0.2) is 0 Å². The standard InChI is InChI=1S/C23H28FN3O2S/c1-25-19-8-9-20-22(26-23(28)30-20)21(19)16-10-13-27(14-11-16)12-2-3-15-29-18-6-4-17(24)5-7-18/h4-9,16,25H,2-3,10-15H2,1H3,(H,26,28). The van der Waals surface area contributed by atoms with Crippen LogP contribution in [-0.4, -0.2) is 48.3 Å². The number of anilines is 1. The first-order chi connectivity index (χ1) is 14.6. The summed E-state index contributed by atoms with van der Waals surface area (Å²) in [6, 6.07) is 10.3. The van der Waals surface area contributed by atoms with Crippen molar-refractivity contribution < 1.29 is 14.2 Å². The van der Waals surface area contributed by atoms with E-state index in [0.717, 1.165) is 67.0 Å². The lowest BCUT2D eigenvalue weighted by Crippen LogP contribution is -2.34. The Morgan fingerprint density at radius 3 is 2.67 bits per heavy atom. The number of benzene rings is 2. The van der Waals surface area contributed by atoms with E-state index in [1.807, 2.05) is 13.1 Å². The predicted molar refractivity (Wildman–Crippen MR) is 120 cm³/mol. The summed E-state index contributed by atoms with van der Waals surface area (Å²) in [5, 5.41) is 13.3. The minimum atomic E-state index is -0.240. The maximum absolute atomic E-state index is 12.9. The van der Waals surface area contributed by atoms with E-state index in [9.17, 15) is 9.50 Å². The van der Waals surface area contributed by atoms with Crippen LogP contribution in [0.5, 0.6) is 10.9 Å². The molecule has 0 bridgehead atoms. The number of piperidine rings is 1. The maximum Gasteiger partial charge on any atom is 0.271 e. The highest BCUT2D eigenvalue weighted by molar-refractivity contribution is 7.20. The first kappa shape index (κ1) is 20.9. The molecule has 2 heterocycles. The zero-order chi connectivity index (χ0) is 20.9. The van der Waals surface area contributed by atoms with Gasteiger partial charge in [0, 0.05) is 18.3 Å². The summed E-state index contributed by atoms with van der Waals surface area (Å²) in [5.74, 6) is 0.936. The molecule has 2 aromatic carbocycles. The number of ether oxygens (including phenoxy) is 1. The molecule has 1 saturated heterocycles. The van der Waals surface area contributed by atoms with E-state index in [4.69, 9.17) is 4.74 Å². The maximum atomic E-state index is 12.9. The van der Waals surface area contributed by atoms with E-state index in [1.54, 1.807) is 12.1 Å². The molecule has 0 spiro atoms. The number of fused-ring (bicyclic) bond motifs is 1. The molecule has 1 aromatic heterocycles. The molecule has 2 N–H and O–H groups in total. The molecule has 7 heteroatoms. The zero-order valence-corrected chi connectivity index (χ0v) is 18.1. The van der Waals surface area contributed by atoms with Crippen molar-refractivity contribution in [2.75, 3.05) is 38.6 Å². The van der Waals surface area contributed by atoms with Crippen LogP contribution in [0.2, 0.25) is 0 Å². The van der Waals surface area contributed by atoms with Gasteiger partial charge in [0.25, 0.3) is 5.19 Å². The average molecular weight is 430 g/mol. The Balaban J connectivity index is 1.25. The lowest BCUT2D eigenvalue weighted by molar-refractivity contribution is 0.202. The monoisotopic (exact) mass is 429 g/mol. The lowest BCUT2D eigenvalue weighted by Gasteiger charge is -2.33. The molecule has 30 heavy (non-hydrogen) atoms. The van der Waals surface area contributed by atoms with Gasteiger partial charge >= 0.3 is 0 Å². The van der Waals surface area contributed by atoms with Crippen molar-refractivity contribution in [3.05, 3.63) is 47.8 Å². The van der Waals surface area contributed by atoms with E-state index in [1.165, 1.54) is 29.0 Å². The predicted octanol–water partition coefficient (Wildman–Crippen LogP) is 5.22. The van der Waals surface area contributed by atoms with Crippen LogP contribution >= 0.6 is 11.3 Å². The van der Waals surface area contributed by atoms with E-state index in [-0.39, 0.29) is 11.0 Å². The van der Waals surface area contributed by atoms with Gasteiger partial charge in [-0.05, 0) is 87.6 Å². The van der Waals surface area contributed by atoms with Gasteiger partial charge < -0.3 is 20.1 Å². The minimum Gasteiger partial charge on any atom is -0.494 e. The van der Waals surface area contributed by atoms with Gasteiger partial charge in [-0.2, -0.15) is 0 Å². The highest BCUT2D eigenvalue weighted by Gasteiger charge is 2.25. The molecule has 0 atom stereocenters. The number of hydrogen-bond donors (Lipinski definition) is 2. The summed E-state index contributed by atoms with van der Waals surface area (Å²) in [5.41, 5.74) is 3.31. The van der Waals surface area contributed by atoms with Crippen LogP contribution in [0.15, 0.2) is 36.4 Å². The van der Waals surface area contributed by atoms with Crippen molar-refractivity contribution in [1.82, 2.24) is 9.88 Å². The number of aromatic nitrogens is 1. The molecule has 0 aliphatic carbocycles. The molecule has 3 aromatic rings. The Morgan fingerprint density at radius 1 is 1.17 bits per heavy atom. The van der Waals surface area contributed by atoms with E-state index in [0.29, 0.717) is 12.5 Å². The quantitative estimate of drug-likeness (QED) is 0.481. The van der Waals surface area contributed by atoms with Crippen molar-refractivity contribution in [2.45, 2.75) is 31.6 Å². The third-order valence-corrected chi connectivity index (χ3v) is 6.63. The Bertz CT molecular complexity index is 968. The average Bonchev–Trinajstić information content (AvgIpc) is 3.15. The molecule has 1 fully saturated rings. The molecule has 0 amide bonds. The van der Waals surface area contributed by atoms with E-state index >= 15 is 0 Å². The summed E-state index contributed by atoms with van der Waals surface area (Å²) in [4.78, 5) is 6.92. The third-order valence-electron chi connectivity index (χ3n) is 5.80. The molecule has 160 valence electrons. The molecule has 0 radical (unpaired) electrons. The first-order valence-electron chi connectivity index (χ1n) is 10.5. The number of likely N-dealkylation sites (tertiary alicyclic amines) is 1. The molecule has 0 saturated carbocycles. The highest BCUT2D eigenvalue weighted by Crippen LogP contribution is 2.40. The fourth-order valence-corrected chi connectivity index (χ4v) is 4.96. The van der Waals surface area contributed by atoms with Crippen LogP contribution in [-0.2, 0) is 0 Å². The van der Waals surface area contributed by atoms with Crippen LogP contribution < -0.4 is 10.1 Å². The fourth-order valence-electron chi connectivity index (χ4n) is 4.24. The number of halogens is 1. The SMILES string of the molecule is CNc1ccc2sc(O)nc2c1C1CCN(CCCCOc2ccc(F)cc2)CC1. The van der Waals surface area contributed by atoms with E-state index < -0.39 is 0 Å². The van der Waals surface area contributed by atoms with Crippen molar-refractivity contribution in [3.8, 4) is 10.9 Å². The molecule has 4 rings (SSSR count). The number of nitrogens with one attached hydrogen (secondary N) is 1. The summed E-state index contributed by atoms with van der Waals surface area (Å²) < 4.78 is 19.6. The third kappa shape index (κ3) is 4.84. The number of nitrogens with zero attached hydrogens (tertiary/aromatic N) is 2. The summed E-state index contributed by atoms with van der Waals surface area (Å²) in [7, 11) is 1.94. The normalized spacial score (nSPS) is 15.5. The van der Waals surface area contributed by atoms with Crippen molar-refractivity contribution in [1.29, 1.82) is 0 Å². The highest BCUT2D eigenvalue weighted by atomic mass is 32.1. The summed E-state index contributed by atoms with van der Waals surface area (Å²) >= 11 is 1.34. The summed E-state index contributed by atoms with van der Waals surface area (Å²) in [6.07, 6.45) is 4.26. The second-order valence-corrected chi connectivity index (χ2v) is 8.75. The topological polar surface area (TPSA) is 57.6 Å². The van der Waals surface area contributed by atoms with E-state index in [2.05, 4.69) is 21.3 Å². The van der Waals surface area contributed by atoms with Gasteiger partial charge in [-0.1, -0.05) is 11.3 Å². The number of unbranched alkanes of at least 4 members (excludes halogenated alkanes) is 1. The van der Waals surface area contributed by atoms with Crippen LogP contribution in [0, 0.1) is 5.82 Å². The van der Waals surface area contributed by atoms with Crippen molar-refractivity contribution in [3.63, 3.8) is 0 Å². The Labute approximate surface area is 180 Å². The lowest BCUT2D eigenvalue weighted by atomic mass is 9.87. The molecule has 1 aliphatic heterocycles. The number of thiazole rings is 1. The van der Waals surface area contributed by atoms with Gasteiger partial charge in [-0.3, -0.25) is 0 Å². The molecular weight excluding hydrogens is 401 g/mol. The first-order valence-corrected chi connectivity index (χ1v) is 11.4. The molecule has 1 aliphatic rings. The van der Waals surface area contributed by atoms with Gasteiger partial charge in [-0.15, -0.1) is 0 Å². The smallest absolute Gasteiger partial charge is 0.271 e. The molecule has 0 unspecified atom stereocenters. The summed E-state index contributed by atoms with van der Waals surface area (Å²) in [6.45, 7) is 3.86. The fraction of sp³-hybridized carbons (Fsp3) is 0.435. The van der Waals surface area contributed by atoms with Crippen LogP contribution in [0.4, 0.5) is 10.1 Å². The second kappa shape index (κ2) is 9.62. The van der Waals surface area contributed by atoms with Gasteiger partial charge in [0.05, 0.1) is 16.8 Å². The largest absolute Gasteiger partial charge is 0.494 e.